The van der Waals surface area contributed by atoms with Gasteiger partial charge >= 0.3 is 17.9 Å². The summed E-state index contributed by atoms with van der Waals surface area (Å²) in [6.45, 7) is 6.51. The van der Waals surface area contributed by atoms with Crippen molar-refractivity contribution in [2.75, 3.05) is 13.2 Å². The molecule has 1 unspecified atom stereocenters. The van der Waals surface area contributed by atoms with Crippen LogP contribution in [0.3, 0.4) is 0 Å². The molecule has 0 saturated carbocycles. The van der Waals surface area contributed by atoms with E-state index in [1.807, 2.05) is 0 Å². The molecule has 1 atom stereocenters. The van der Waals surface area contributed by atoms with Gasteiger partial charge in [0.05, 0.1) is 0 Å². The molecule has 6 nitrogen and oxygen atoms in total. The standard InChI is InChI=1S/C74H126O6/c1-4-7-10-13-16-19-22-25-28-30-32-33-34-35-36-37-38-39-40-41-42-44-46-49-52-55-58-61-64-67-73(76)79-70-71(69-78-72(75)66-63-60-57-54-51-48-45-27-24-21-18-15-12-9-6-3)80-74(77)68-65-62-59-56-53-50-47-43-31-29-26-23-20-17-14-11-8-5-2/h7,10,16,19-20,23,25,27-29,31-33,35-36,38-39,45,71H,4-6,8-9,11-15,17-18,21-22,24,26,30,34,37,40-44,46-70H2,1-3H3/b10-7-,19-16-,23-20-,28-25-,31-29-,33-32-,36-35-,39-38-,45-27-. The van der Waals surface area contributed by atoms with Crippen molar-refractivity contribution in [2.24, 2.45) is 0 Å². The summed E-state index contributed by atoms with van der Waals surface area (Å²) in [6, 6.07) is 0. The van der Waals surface area contributed by atoms with Gasteiger partial charge in [-0.15, -0.1) is 0 Å². The quantitative estimate of drug-likeness (QED) is 0.0261. The van der Waals surface area contributed by atoms with Crippen molar-refractivity contribution in [3.63, 3.8) is 0 Å². The highest BCUT2D eigenvalue weighted by Gasteiger charge is 2.19. The van der Waals surface area contributed by atoms with E-state index in [9.17, 15) is 14.4 Å². The molecular formula is C74H126O6. The van der Waals surface area contributed by atoms with E-state index < -0.39 is 6.10 Å². The lowest BCUT2D eigenvalue weighted by Gasteiger charge is -2.18. The maximum absolute atomic E-state index is 12.9. The Balaban J connectivity index is 4.33. The largest absolute Gasteiger partial charge is 0.462 e. The maximum atomic E-state index is 12.9. The van der Waals surface area contributed by atoms with Crippen molar-refractivity contribution in [3.8, 4) is 0 Å². The van der Waals surface area contributed by atoms with E-state index in [1.165, 1.54) is 167 Å². The monoisotopic (exact) mass is 1110 g/mol. The first kappa shape index (κ1) is 76.1. The fourth-order valence-electron chi connectivity index (χ4n) is 9.41. The van der Waals surface area contributed by atoms with Gasteiger partial charge in [0.2, 0.25) is 0 Å². The Kier molecular flexibility index (Phi) is 64.3. The Morgan fingerprint density at radius 1 is 0.263 bits per heavy atom. The molecule has 0 spiro atoms. The van der Waals surface area contributed by atoms with Crippen LogP contribution in [0.25, 0.3) is 0 Å². The van der Waals surface area contributed by atoms with Crippen LogP contribution in [-0.4, -0.2) is 37.2 Å². The van der Waals surface area contributed by atoms with Gasteiger partial charge in [0.1, 0.15) is 13.2 Å². The summed E-state index contributed by atoms with van der Waals surface area (Å²) in [6.07, 6.45) is 92.4. The Hall–Kier alpha value is -3.93. The molecule has 0 bridgehead atoms. The van der Waals surface area contributed by atoms with E-state index in [1.54, 1.807) is 0 Å². The number of allylic oxidation sites excluding steroid dienone is 18. The number of ether oxygens (including phenoxy) is 3. The average Bonchev–Trinajstić information content (AvgIpc) is 3.46. The minimum absolute atomic E-state index is 0.0857. The van der Waals surface area contributed by atoms with Gasteiger partial charge in [0.25, 0.3) is 0 Å². The van der Waals surface area contributed by atoms with Crippen molar-refractivity contribution in [1.29, 1.82) is 0 Å². The zero-order chi connectivity index (χ0) is 57.8. The second-order valence-electron chi connectivity index (χ2n) is 22.3. The van der Waals surface area contributed by atoms with Gasteiger partial charge < -0.3 is 14.2 Å². The summed E-state index contributed by atoms with van der Waals surface area (Å²) in [7, 11) is 0. The third kappa shape index (κ3) is 64.9. The number of carbonyl (C=O) groups excluding carboxylic acids is 3. The molecule has 0 aromatic heterocycles. The van der Waals surface area contributed by atoms with Crippen LogP contribution in [0, 0.1) is 0 Å². The lowest BCUT2D eigenvalue weighted by Crippen LogP contribution is -2.30. The molecule has 0 radical (unpaired) electrons. The molecule has 0 N–H and O–H groups in total. The van der Waals surface area contributed by atoms with Gasteiger partial charge in [-0.1, -0.05) is 284 Å². The zero-order valence-electron chi connectivity index (χ0n) is 52.6. The van der Waals surface area contributed by atoms with Crippen LogP contribution in [0.1, 0.15) is 323 Å². The molecule has 0 aromatic rings. The third-order valence-corrected chi connectivity index (χ3v) is 14.5. The first-order valence-electron chi connectivity index (χ1n) is 33.9. The van der Waals surface area contributed by atoms with Crippen molar-refractivity contribution in [2.45, 2.75) is 329 Å². The molecule has 0 heterocycles. The highest BCUT2D eigenvalue weighted by Crippen LogP contribution is 2.16. The van der Waals surface area contributed by atoms with Crippen LogP contribution in [0.5, 0.6) is 0 Å². The third-order valence-electron chi connectivity index (χ3n) is 14.5. The minimum atomic E-state index is -0.790. The highest BCUT2D eigenvalue weighted by atomic mass is 16.6. The normalized spacial score (nSPS) is 12.8. The topological polar surface area (TPSA) is 78.9 Å². The predicted octanol–water partition coefficient (Wildman–Crippen LogP) is 23.4. The summed E-state index contributed by atoms with van der Waals surface area (Å²) >= 11 is 0. The molecule has 458 valence electrons. The molecule has 0 aliphatic carbocycles. The molecule has 0 rings (SSSR count). The van der Waals surface area contributed by atoms with Crippen LogP contribution in [-0.2, 0) is 28.6 Å². The van der Waals surface area contributed by atoms with E-state index >= 15 is 0 Å². The van der Waals surface area contributed by atoms with Crippen molar-refractivity contribution in [3.05, 3.63) is 109 Å². The molecular weight excluding hydrogens is 985 g/mol. The first-order chi connectivity index (χ1) is 39.5. The molecule has 80 heavy (non-hydrogen) atoms. The van der Waals surface area contributed by atoms with Crippen LogP contribution in [0.2, 0.25) is 0 Å². The van der Waals surface area contributed by atoms with Gasteiger partial charge in [-0.05, 0) is 128 Å². The average molecular weight is 1110 g/mol. The molecule has 0 aromatic carbocycles. The minimum Gasteiger partial charge on any atom is -0.462 e. The summed E-state index contributed by atoms with van der Waals surface area (Å²) < 4.78 is 16.9. The van der Waals surface area contributed by atoms with Gasteiger partial charge in [0.15, 0.2) is 6.10 Å². The Bertz CT molecular complexity index is 1610. The van der Waals surface area contributed by atoms with Crippen molar-refractivity contribution >= 4 is 17.9 Å². The van der Waals surface area contributed by atoms with Crippen molar-refractivity contribution < 1.29 is 28.6 Å². The van der Waals surface area contributed by atoms with E-state index in [0.29, 0.717) is 19.3 Å². The van der Waals surface area contributed by atoms with Gasteiger partial charge in [0, 0.05) is 19.3 Å². The molecule has 0 fully saturated rings. The number of hydrogen-bond donors (Lipinski definition) is 0. The number of carbonyl (C=O) groups is 3. The maximum Gasteiger partial charge on any atom is 0.306 e. The summed E-state index contributed by atoms with van der Waals surface area (Å²) in [5.74, 6) is -0.895. The van der Waals surface area contributed by atoms with E-state index in [2.05, 4.69) is 130 Å². The first-order valence-corrected chi connectivity index (χ1v) is 33.9. The summed E-state index contributed by atoms with van der Waals surface area (Å²) in [4.78, 5) is 38.4. The van der Waals surface area contributed by atoms with E-state index in [-0.39, 0.29) is 31.1 Å². The fraction of sp³-hybridized carbons (Fsp3) is 0.716. The van der Waals surface area contributed by atoms with Crippen LogP contribution >= 0.6 is 0 Å². The van der Waals surface area contributed by atoms with Gasteiger partial charge in [-0.25, -0.2) is 0 Å². The van der Waals surface area contributed by atoms with E-state index in [4.69, 9.17) is 14.2 Å². The molecule has 0 aliphatic heterocycles. The number of esters is 3. The molecule has 0 saturated heterocycles. The number of unbranched alkanes of at least 4 members (excludes halogenated alkanes) is 32. The number of hydrogen-bond acceptors (Lipinski definition) is 6. The highest BCUT2D eigenvalue weighted by molar-refractivity contribution is 5.71. The second-order valence-corrected chi connectivity index (χ2v) is 22.3. The van der Waals surface area contributed by atoms with Crippen LogP contribution in [0.4, 0.5) is 0 Å². The molecule has 6 heteroatoms. The summed E-state index contributed by atoms with van der Waals surface area (Å²) in [5.41, 5.74) is 0. The van der Waals surface area contributed by atoms with Crippen LogP contribution < -0.4 is 0 Å². The molecule has 0 aliphatic rings. The fourth-order valence-corrected chi connectivity index (χ4v) is 9.41. The second kappa shape index (κ2) is 67.6. The van der Waals surface area contributed by atoms with Gasteiger partial charge in [-0.2, -0.15) is 0 Å². The summed E-state index contributed by atoms with van der Waals surface area (Å²) in [5, 5.41) is 0. The number of rotatable bonds is 61. The Morgan fingerprint density at radius 2 is 0.487 bits per heavy atom. The lowest BCUT2D eigenvalue weighted by atomic mass is 10.1. The van der Waals surface area contributed by atoms with Crippen LogP contribution in [0.15, 0.2) is 109 Å². The molecule has 0 amide bonds. The van der Waals surface area contributed by atoms with Gasteiger partial charge in [-0.3, -0.25) is 14.4 Å². The zero-order valence-corrected chi connectivity index (χ0v) is 52.6. The van der Waals surface area contributed by atoms with Crippen molar-refractivity contribution in [1.82, 2.24) is 0 Å². The smallest absolute Gasteiger partial charge is 0.306 e. The Morgan fingerprint density at radius 3 is 0.787 bits per heavy atom. The lowest BCUT2D eigenvalue weighted by molar-refractivity contribution is -0.167. The predicted molar refractivity (Wildman–Crippen MR) is 348 cm³/mol. The SMILES string of the molecule is CC/C=C\C/C=C\C/C=C\C/C=C\C/C=C\C/C=C\CCCCCCCCCCCCC(=O)OCC(COC(=O)CCCCCCC/C=C\CCCCCCCC)OC(=O)CCCCCCCCC/C=C\C/C=C\CCCCCC. The Labute approximate surface area is 495 Å². The van der Waals surface area contributed by atoms with E-state index in [0.717, 1.165) is 116 Å².